The molecule has 7 nitrogen and oxygen atoms in total. The lowest BCUT2D eigenvalue weighted by Gasteiger charge is -2.30. The number of ketones is 1. The normalized spacial score (nSPS) is 15.0. The van der Waals surface area contributed by atoms with Gasteiger partial charge in [0.2, 0.25) is 10.0 Å². The highest BCUT2D eigenvalue weighted by atomic mass is 35.5. The number of benzene rings is 2. The summed E-state index contributed by atoms with van der Waals surface area (Å²) in [5.74, 6) is -3.14. The predicted molar refractivity (Wildman–Crippen MR) is 134 cm³/mol. The molecule has 0 saturated heterocycles. The third-order valence-electron chi connectivity index (χ3n) is 6.30. The number of hydrogen-bond donors (Lipinski definition) is 2. The number of aromatic nitrogens is 2. The number of sulfonamides is 1. The molecule has 2 aromatic carbocycles. The lowest BCUT2D eigenvalue weighted by Crippen LogP contribution is -2.40. The molecule has 0 saturated carbocycles. The molecule has 37 heavy (non-hydrogen) atoms. The van der Waals surface area contributed by atoms with Crippen LogP contribution in [-0.4, -0.2) is 34.7 Å². The van der Waals surface area contributed by atoms with Crippen molar-refractivity contribution in [3.63, 3.8) is 0 Å². The molecule has 0 aliphatic carbocycles. The maximum atomic E-state index is 14.7. The van der Waals surface area contributed by atoms with E-state index in [1.54, 1.807) is 19.9 Å². The van der Waals surface area contributed by atoms with E-state index in [-0.39, 0.29) is 37.0 Å². The Bertz CT molecular complexity index is 1420. The second-order valence-electron chi connectivity index (χ2n) is 9.61. The van der Waals surface area contributed by atoms with E-state index >= 15 is 0 Å². The van der Waals surface area contributed by atoms with Crippen LogP contribution in [0.5, 0.6) is 0 Å². The number of hydrogen-bond acceptors (Lipinski definition) is 5. The summed E-state index contributed by atoms with van der Waals surface area (Å²) in [6, 6.07) is 6.68. The zero-order chi connectivity index (χ0) is 26.4. The minimum Gasteiger partial charge on any atom is -0.310 e. The van der Waals surface area contributed by atoms with Gasteiger partial charge >= 0.3 is 0 Å². The highest BCUT2D eigenvalue weighted by Crippen LogP contribution is 2.42. The standard InChI is InChI=1S/C25H27F3N4O3S.ClH/c1-14(2)29-12-15-6-5-7-20(28)23(15)22(33)11-21-19-13-32(25(3,4)24(19)31-30-21)36(34,35)18-9-16(26)8-17(27)10-18;/h5-10,14,29H,11-13H2,1-4H3,(H,30,31);1H. The van der Waals surface area contributed by atoms with Gasteiger partial charge in [0.1, 0.15) is 17.5 Å². The van der Waals surface area contributed by atoms with Crippen molar-refractivity contribution >= 4 is 28.2 Å². The Labute approximate surface area is 219 Å². The molecule has 0 unspecified atom stereocenters. The van der Waals surface area contributed by atoms with Crippen molar-refractivity contribution in [3.05, 3.63) is 81.9 Å². The van der Waals surface area contributed by atoms with Gasteiger partial charge in [0, 0.05) is 36.5 Å². The summed E-state index contributed by atoms with van der Waals surface area (Å²) < 4.78 is 70.0. The molecular weight excluding hydrogens is 529 g/mol. The fraction of sp³-hybridized carbons (Fsp3) is 0.360. The van der Waals surface area contributed by atoms with Crippen LogP contribution in [0.2, 0.25) is 0 Å². The third kappa shape index (κ3) is 5.45. The first-order chi connectivity index (χ1) is 16.8. The minimum absolute atomic E-state index is 0. The van der Waals surface area contributed by atoms with Gasteiger partial charge in [-0.3, -0.25) is 9.89 Å². The second kappa shape index (κ2) is 10.6. The molecule has 3 aromatic rings. The first-order valence-corrected chi connectivity index (χ1v) is 12.9. The van der Waals surface area contributed by atoms with Gasteiger partial charge in [0.05, 0.1) is 28.1 Å². The van der Waals surface area contributed by atoms with Crippen LogP contribution < -0.4 is 5.32 Å². The molecule has 0 spiro atoms. The number of carbonyl (C=O) groups excluding carboxylic acids is 1. The van der Waals surface area contributed by atoms with Crippen LogP contribution in [0, 0.1) is 17.5 Å². The second-order valence-corrected chi connectivity index (χ2v) is 11.5. The van der Waals surface area contributed by atoms with Crippen LogP contribution in [-0.2, 0) is 35.1 Å². The maximum absolute atomic E-state index is 14.7. The first-order valence-electron chi connectivity index (χ1n) is 11.4. The Kier molecular flexibility index (Phi) is 8.23. The van der Waals surface area contributed by atoms with Gasteiger partial charge in [-0.1, -0.05) is 26.0 Å². The van der Waals surface area contributed by atoms with E-state index in [0.29, 0.717) is 35.1 Å². The molecule has 4 rings (SSSR count). The number of rotatable bonds is 8. The summed E-state index contributed by atoms with van der Waals surface area (Å²) in [4.78, 5) is 12.7. The molecule has 0 bridgehead atoms. The van der Waals surface area contributed by atoms with Crippen molar-refractivity contribution in [3.8, 4) is 0 Å². The van der Waals surface area contributed by atoms with E-state index in [2.05, 4.69) is 15.5 Å². The topological polar surface area (TPSA) is 95.2 Å². The summed E-state index contributed by atoms with van der Waals surface area (Å²) in [6.45, 7) is 7.25. The number of aromatic amines is 1. The average molecular weight is 557 g/mol. The van der Waals surface area contributed by atoms with Crippen LogP contribution in [0.1, 0.15) is 60.6 Å². The lowest BCUT2D eigenvalue weighted by molar-refractivity contribution is 0.0986. The Hall–Kier alpha value is -2.73. The van der Waals surface area contributed by atoms with Crippen molar-refractivity contribution in [2.75, 3.05) is 0 Å². The molecule has 12 heteroatoms. The van der Waals surface area contributed by atoms with Gasteiger partial charge in [-0.15, -0.1) is 12.4 Å². The Morgan fingerprint density at radius 2 is 1.81 bits per heavy atom. The van der Waals surface area contributed by atoms with Crippen molar-refractivity contribution in [2.24, 2.45) is 0 Å². The molecule has 0 radical (unpaired) electrons. The highest BCUT2D eigenvalue weighted by Gasteiger charge is 2.48. The Morgan fingerprint density at radius 1 is 1.16 bits per heavy atom. The molecule has 0 atom stereocenters. The van der Waals surface area contributed by atoms with Crippen molar-refractivity contribution in [1.82, 2.24) is 19.8 Å². The van der Waals surface area contributed by atoms with Crippen LogP contribution in [0.25, 0.3) is 0 Å². The van der Waals surface area contributed by atoms with E-state index in [1.807, 2.05) is 13.8 Å². The summed E-state index contributed by atoms with van der Waals surface area (Å²) in [7, 11) is -4.31. The van der Waals surface area contributed by atoms with Crippen LogP contribution >= 0.6 is 12.4 Å². The van der Waals surface area contributed by atoms with Crippen molar-refractivity contribution < 1.29 is 26.4 Å². The predicted octanol–water partition coefficient (Wildman–Crippen LogP) is 4.61. The average Bonchev–Trinajstić information content (AvgIpc) is 3.29. The number of nitrogens with one attached hydrogen (secondary N) is 2. The molecule has 200 valence electrons. The number of halogens is 4. The van der Waals surface area contributed by atoms with Gasteiger partial charge in [-0.2, -0.15) is 9.40 Å². The summed E-state index contributed by atoms with van der Waals surface area (Å²) in [5, 5.41) is 10.2. The Balaban J connectivity index is 0.00000380. The van der Waals surface area contributed by atoms with E-state index in [4.69, 9.17) is 0 Å². The monoisotopic (exact) mass is 556 g/mol. The third-order valence-corrected chi connectivity index (χ3v) is 8.30. The van der Waals surface area contributed by atoms with Crippen LogP contribution in [0.15, 0.2) is 41.3 Å². The molecular formula is C25H28ClF3N4O3S. The van der Waals surface area contributed by atoms with Crippen LogP contribution in [0.4, 0.5) is 13.2 Å². The van der Waals surface area contributed by atoms with E-state index in [9.17, 15) is 26.4 Å². The number of nitrogens with zero attached hydrogens (tertiary/aromatic N) is 2. The SMILES string of the molecule is CC(C)NCc1cccc(F)c1C(=O)Cc1[nH]nc2c1CN(S(=O)(=O)c1cc(F)cc(F)c1)C2(C)C.Cl. The minimum atomic E-state index is -4.31. The highest BCUT2D eigenvalue weighted by molar-refractivity contribution is 7.89. The van der Waals surface area contributed by atoms with E-state index in [1.165, 1.54) is 12.1 Å². The van der Waals surface area contributed by atoms with Gasteiger partial charge in [-0.25, -0.2) is 21.6 Å². The van der Waals surface area contributed by atoms with Crippen molar-refractivity contribution in [1.29, 1.82) is 0 Å². The largest absolute Gasteiger partial charge is 0.310 e. The number of carbonyl (C=O) groups is 1. The molecule has 0 fully saturated rings. The molecule has 2 N–H and O–H groups in total. The van der Waals surface area contributed by atoms with E-state index < -0.39 is 43.7 Å². The van der Waals surface area contributed by atoms with Gasteiger partial charge in [0.15, 0.2) is 5.78 Å². The van der Waals surface area contributed by atoms with Gasteiger partial charge in [-0.05, 0) is 37.6 Å². The summed E-state index contributed by atoms with van der Waals surface area (Å²) >= 11 is 0. The van der Waals surface area contributed by atoms with Crippen molar-refractivity contribution in [2.45, 2.75) is 63.7 Å². The fourth-order valence-electron chi connectivity index (χ4n) is 4.46. The van der Waals surface area contributed by atoms with E-state index in [0.717, 1.165) is 16.4 Å². The van der Waals surface area contributed by atoms with Gasteiger partial charge < -0.3 is 5.32 Å². The summed E-state index contributed by atoms with van der Waals surface area (Å²) in [5.41, 5.74) is 0.540. The van der Waals surface area contributed by atoms with Crippen LogP contribution in [0.3, 0.4) is 0 Å². The molecule has 1 aliphatic rings. The quantitative estimate of drug-likeness (QED) is 0.395. The molecule has 1 aromatic heterocycles. The number of H-pyrrole nitrogens is 1. The Morgan fingerprint density at radius 3 is 2.43 bits per heavy atom. The zero-order valence-electron chi connectivity index (χ0n) is 20.7. The number of Topliss-reactive ketones (excluding diaryl/α,β-unsaturated/α-hetero) is 1. The maximum Gasteiger partial charge on any atom is 0.244 e. The number of fused-ring (bicyclic) bond motifs is 1. The van der Waals surface area contributed by atoms with Gasteiger partial charge in [0.25, 0.3) is 0 Å². The fourth-order valence-corrected chi connectivity index (χ4v) is 6.23. The molecule has 0 amide bonds. The smallest absolute Gasteiger partial charge is 0.244 e. The first kappa shape index (κ1) is 28.8. The lowest BCUT2D eigenvalue weighted by atomic mass is 9.97. The zero-order valence-corrected chi connectivity index (χ0v) is 22.4. The molecule has 1 aliphatic heterocycles. The molecule has 2 heterocycles. The summed E-state index contributed by atoms with van der Waals surface area (Å²) in [6.07, 6.45) is -0.226.